The summed E-state index contributed by atoms with van der Waals surface area (Å²) in [6.45, 7) is 17.2. The molecule has 0 bridgehead atoms. The molecule has 0 amide bonds. The van der Waals surface area contributed by atoms with Gasteiger partial charge in [-0.1, -0.05) is 70.6 Å². The molecule has 0 aromatic carbocycles. The molecule has 4 unspecified atom stereocenters. The van der Waals surface area contributed by atoms with Gasteiger partial charge in [0.25, 0.3) is 0 Å². The van der Waals surface area contributed by atoms with E-state index in [0.29, 0.717) is 177 Å². The van der Waals surface area contributed by atoms with Crippen molar-refractivity contribution in [3.05, 3.63) is 0 Å². The first-order chi connectivity index (χ1) is 43.9. The second-order valence-corrected chi connectivity index (χ2v) is 54.9. The summed E-state index contributed by atoms with van der Waals surface area (Å²) in [6.07, 6.45) is 16.7. The van der Waals surface area contributed by atoms with E-state index in [0.717, 1.165) is 32.1 Å². The van der Waals surface area contributed by atoms with Crippen LogP contribution in [-0.4, -0.2) is 172 Å². The molecule has 0 N–H and O–H groups in total. The van der Waals surface area contributed by atoms with E-state index in [-0.39, 0.29) is 86.3 Å². The van der Waals surface area contributed by atoms with E-state index in [4.69, 9.17) is 70.8 Å². The Morgan fingerprint density at radius 2 is 0.344 bits per heavy atom. The molecule has 0 spiro atoms. The standard InChI is InChI=1S/C61H120O24Si8/c1-70-54(62)36-18-28-46-86(7)78-88(9,48-30-20-38-56(64)72-3)82-92(13,83-89(10,79-86)49-31-21-39-57(65)73-4)52-34-24-42-60(68)76-44-26-16-15-17-27-45-77-61(69)43-25-35-53-93(14)84-90(11,50-32-22-40-58(66)74-5)80-87(8,47-29-19-37-55(63)71-2)81-91(12,85-93)51-33-23-41-59(67)75-6/h15-53H2,1-14H3. The highest BCUT2D eigenvalue weighted by Crippen LogP contribution is 2.42. The minimum absolute atomic E-state index is 0.254. The molecule has 0 aliphatic carbocycles. The minimum Gasteiger partial charge on any atom is -0.469 e. The average molecular weight is 1460 g/mol. The third-order valence-corrected chi connectivity index (χ3v) is 54.5. The van der Waals surface area contributed by atoms with E-state index in [1.54, 1.807) is 0 Å². The predicted octanol–water partition coefficient (Wildman–Crippen LogP) is 13.2. The summed E-state index contributed by atoms with van der Waals surface area (Å²) in [7, 11) is -15.8. The summed E-state index contributed by atoms with van der Waals surface area (Å²) in [4.78, 5) is 98.0. The fourth-order valence-corrected chi connectivity index (χ4v) is 59.5. The molecule has 0 aromatic heterocycles. The quantitative estimate of drug-likeness (QED) is 0.0237. The third-order valence-electron chi connectivity index (χ3n) is 16.7. The van der Waals surface area contributed by atoms with Gasteiger partial charge in [0.2, 0.25) is 0 Å². The van der Waals surface area contributed by atoms with E-state index < -0.39 is 68.5 Å². The number of rotatable bonds is 48. The molecule has 540 valence electrons. The third kappa shape index (κ3) is 38.2. The van der Waals surface area contributed by atoms with Crippen LogP contribution in [0, 0.1) is 0 Å². The fourth-order valence-electron chi connectivity index (χ4n) is 12.2. The van der Waals surface area contributed by atoms with Crippen molar-refractivity contribution in [3.63, 3.8) is 0 Å². The van der Waals surface area contributed by atoms with Crippen LogP contribution in [-0.2, 0) is 109 Å². The number of carbonyl (C=O) groups is 8. The largest absolute Gasteiger partial charge is 0.469 e. The normalized spacial score (nSPS) is 26.5. The molecular formula is C61H120O24Si8. The van der Waals surface area contributed by atoms with Crippen LogP contribution in [0.15, 0.2) is 0 Å². The molecule has 93 heavy (non-hydrogen) atoms. The maximum atomic E-state index is 13.0. The van der Waals surface area contributed by atoms with Gasteiger partial charge in [0.15, 0.2) is 0 Å². The Hall–Kier alpha value is -2.82. The molecule has 24 nitrogen and oxygen atoms in total. The van der Waals surface area contributed by atoms with Crippen LogP contribution in [0.4, 0.5) is 0 Å². The summed E-state index contributed by atoms with van der Waals surface area (Å²) in [6, 6.07) is 4.95. The molecule has 0 aromatic rings. The van der Waals surface area contributed by atoms with Gasteiger partial charge in [0.05, 0.1) is 55.9 Å². The van der Waals surface area contributed by atoms with Crippen molar-refractivity contribution in [2.75, 3.05) is 55.9 Å². The number of esters is 8. The highest BCUT2D eigenvalue weighted by molar-refractivity contribution is 6.95. The van der Waals surface area contributed by atoms with Gasteiger partial charge in [-0.05, 0) is 165 Å². The first kappa shape index (κ1) is 86.3. The monoisotopic (exact) mass is 1460 g/mol. The van der Waals surface area contributed by atoms with Gasteiger partial charge in [-0.15, -0.1) is 0 Å². The lowest BCUT2D eigenvalue weighted by Crippen LogP contribution is -2.67. The number of ether oxygens (including phenoxy) is 8. The molecule has 2 heterocycles. The topological polar surface area (TPSA) is 284 Å². The first-order valence-corrected chi connectivity index (χ1v) is 54.4. The Morgan fingerprint density at radius 3 is 0.495 bits per heavy atom. The van der Waals surface area contributed by atoms with Crippen molar-refractivity contribution in [2.24, 2.45) is 0 Å². The van der Waals surface area contributed by atoms with Crippen LogP contribution >= 0.6 is 0 Å². The first-order valence-electron chi connectivity index (χ1n) is 34.2. The highest BCUT2D eigenvalue weighted by atomic mass is 28.5. The summed E-state index contributed by atoms with van der Waals surface area (Å²) >= 11 is 0. The summed E-state index contributed by atoms with van der Waals surface area (Å²) < 4.78 is 98.5. The van der Waals surface area contributed by atoms with E-state index in [1.165, 1.54) is 42.7 Å². The van der Waals surface area contributed by atoms with Crippen molar-refractivity contribution in [2.45, 2.75) is 287 Å². The Balaban J connectivity index is 1.95. The second kappa shape index (κ2) is 45.0. The molecule has 2 aliphatic heterocycles. The zero-order chi connectivity index (χ0) is 69.5. The highest BCUT2D eigenvalue weighted by Gasteiger charge is 2.58. The molecule has 2 saturated heterocycles. The van der Waals surface area contributed by atoms with Crippen LogP contribution in [0.2, 0.25) is 101 Å². The molecule has 2 aliphatic rings. The lowest BCUT2D eigenvalue weighted by atomic mass is 10.1. The van der Waals surface area contributed by atoms with Crippen LogP contribution in [0.1, 0.15) is 186 Å². The number of unbranched alkanes of at least 4 members (excludes halogenated alkanes) is 12. The van der Waals surface area contributed by atoms with Gasteiger partial charge in [0, 0.05) is 51.4 Å². The molecular weight excluding hydrogens is 1340 g/mol. The van der Waals surface area contributed by atoms with Gasteiger partial charge >= 0.3 is 116 Å². The van der Waals surface area contributed by atoms with Crippen LogP contribution in [0.3, 0.4) is 0 Å². The summed E-state index contributed by atoms with van der Waals surface area (Å²) in [5.41, 5.74) is 0. The lowest BCUT2D eigenvalue weighted by molar-refractivity contribution is -0.144. The van der Waals surface area contributed by atoms with Crippen molar-refractivity contribution >= 4 is 116 Å². The number of carbonyl (C=O) groups excluding carboxylic acids is 8. The summed E-state index contributed by atoms with van der Waals surface area (Å²) in [5.74, 6) is -2.13. The number of hydrogen-bond donors (Lipinski definition) is 0. The van der Waals surface area contributed by atoms with Gasteiger partial charge in [-0.25, -0.2) is 0 Å². The van der Waals surface area contributed by atoms with E-state index in [2.05, 4.69) is 52.4 Å². The second-order valence-electron chi connectivity index (χ2n) is 26.2. The van der Waals surface area contributed by atoms with Crippen LogP contribution in [0.25, 0.3) is 0 Å². The van der Waals surface area contributed by atoms with Gasteiger partial charge in [0.1, 0.15) is 0 Å². The zero-order valence-corrected chi connectivity index (χ0v) is 67.4. The van der Waals surface area contributed by atoms with Gasteiger partial charge in [-0.3, -0.25) is 38.4 Å². The van der Waals surface area contributed by atoms with Crippen molar-refractivity contribution < 1.29 is 109 Å². The minimum atomic E-state index is -3.03. The fraction of sp³-hybridized carbons (Fsp3) is 0.869. The Bertz CT molecular complexity index is 2020. The van der Waals surface area contributed by atoms with Crippen molar-refractivity contribution in [1.29, 1.82) is 0 Å². The maximum absolute atomic E-state index is 13.0. The smallest absolute Gasteiger partial charge is 0.317 e. The summed E-state index contributed by atoms with van der Waals surface area (Å²) in [5, 5.41) is 0. The van der Waals surface area contributed by atoms with E-state index in [1.807, 2.05) is 0 Å². The Morgan fingerprint density at radius 1 is 0.204 bits per heavy atom. The van der Waals surface area contributed by atoms with E-state index in [9.17, 15) is 38.4 Å². The van der Waals surface area contributed by atoms with Crippen molar-refractivity contribution in [1.82, 2.24) is 0 Å². The SMILES string of the molecule is COC(=O)CCCC[Si]1(C)O[Si](C)(CCCCC(=O)OC)O[Si](C)(CCCCC(=O)OCCCCCCCOC(=O)CCCC[Si]2(C)O[Si](C)(CCCCC(=O)OC)O[Si](C)(CCCCC(=O)OC)O[Si](C)(CCCCC(=O)OC)O2)O[Si](C)(CCCCC(=O)OC)O1. The molecule has 2 rings (SSSR count). The average Bonchev–Trinajstić information content (AvgIpc) is 0.785. The van der Waals surface area contributed by atoms with Crippen LogP contribution < -0.4 is 0 Å². The van der Waals surface area contributed by atoms with Gasteiger partial charge < -0.3 is 70.8 Å². The number of hydrogen-bond acceptors (Lipinski definition) is 24. The van der Waals surface area contributed by atoms with Crippen LogP contribution in [0.5, 0.6) is 0 Å². The maximum Gasteiger partial charge on any atom is 0.317 e. The molecule has 0 radical (unpaired) electrons. The number of methoxy groups -OCH3 is 6. The zero-order valence-electron chi connectivity index (χ0n) is 59.4. The predicted molar refractivity (Wildman–Crippen MR) is 368 cm³/mol. The lowest BCUT2D eigenvalue weighted by Gasteiger charge is -2.50. The Kier molecular flexibility index (Phi) is 41.7. The molecule has 2 fully saturated rings. The molecule has 4 atom stereocenters. The van der Waals surface area contributed by atoms with Crippen molar-refractivity contribution in [3.8, 4) is 0 Å². The molecule has 0 saturated carbocycles. The van der Waals surface area contributed by atoms with Gasteiger partial charge in [-0.2, -0.15) is 0 Å². The molecule has 32 heteroatoms. The Labute approximate surface area is 565 Å². The van der Waals surface area contributed by atoms with E-state index >= 15 is 0 Å².